The first kappa shape index (κ1) is 17.4. The number of para-hydroxylation sites is 1. The fraction of sp³-hybridized carbons (Fsp3) is 0.500. The molecule has 0 saturated carbocycles. The first-order chi connectivity index (χ1) is 9.71. The van der Waals surface area contributed by atoms with Crippen molar-refractivity contribution in [2.45, 2.75) is 32.6 Å². The number of hydrogen-bond acceptors (Lipinski definition) is 3. The van der Waals surface area contributed by atoms with Crippen LogP contribution in [0.4, 0.5) is 0 Å². The number of hydrogen-bond donors (Lipinski definition) is 1. The first-order valence-electron chi connectivity index (χ1n) is 6.96. The number of carbonyl (C=O) groups is 1. The van der Waals surface area contributed by atoms with Gasteiger partial charge in [0, 0.05) is 20.0 Å². The van der Waals surface area contributed by atoms with Crippen LogP contribution in [0.25, 0.3) is 0 Å². The molecular formula is C16H24N2O2S. The van der Waals surface area contributed by atoms with Crippen molar-refractivity contribution in [1.29, 1.82) is 0 Å². The second kappa shape index (κ2) is 7.41. The van der Waals surface area contributed by atoms with Gasteiger partial charge in [0.2, 0.25) is 0 Å². The van der Waals surface area contributed by atoms with E-state index in [0.29, 0.717) is 18.0 Å². The van der Waals surface area contributed by atoms with Crippen LogP contribution in [-0.2, 0) is 10.2 Å². The Morgan fingerprint density at radius 1 is 1.33 bits per heavy atom. The molecule has 0 atom stereocenters. The lowest BCUT2D eigenvalue weighted by molar-refractivity contribution is -0.131. The Morgan fingerprint density at radius 2 is 1.95 bits per heavy atom. The minimum atomic E-state index is -0.0880. The minimum Gasteiger partial charge on any atom is -0.483 e. The van der Waals surface area contributed by atoms with Crippen molar-refractivity contribution in [1.82, 2.24) is 4.90 Å². The Labute approximate surface area is 132 Å². The molecule has 0 heterocycles. The van der Waals surface area contributed by atoms with Gasteiger partial charge in [0.15, 0.2) is 6.61 Å². The van der Waals surface area contributed by atoms with E-state index < -0.39 is 0 Å². The fourth-order valence-electron chi connectivity index (χ4n) is 1.86. The summed E-state index contributed by atoms with van der Waals surface area (Å²) in [6.45, 7) is 6.88. The highest BCUT2D eigenvalue weighted by Gasteiger charge is 2.19. The third-order valence-electron chi connectivity index (χ3n) is 3.17. The summed E-state index contributed by atoms with van der Waals surface area (Å²) in [5, 5.41) is 0. The van der Waals surface area contributed by atoms with Crippen LogP contribution >= 0.6 is 12.2 Å². The van der Waals surface area contributed by atoms with E-state index in [4.69, 9.17) is 22.7 Å². The molecule has 116 valence electrons. The van der Waals surface area contributed by atoms with E-state index in [1.54, 1.807) is 11.9 Å². The quantitative estimate of drug-likeness (QED) is 0.820. The Hall–Kier alpha value is -1.62. The van der Waals surface area contributed by atoms with Crippen LogP contribution in [0.3, 0.4) is 0 Å². The second-order valence-corrected chi connectivity index (χ2v) is 6.59. The van der Waals surface area contributed by atoms with Gasteiger partial charge >= 0.3 is 0 Å². The maximum Gasteiger partial charge on any atom is 0.260 e. The van der Waals surface area contributed by atoms with Crippen molar-refractivity contribution >= 4 is 23.1 Å². The molecule has 2 N–H and O–H groups in total. The number of nitrogens with zero attached hydrogens (tertiary/aromatic N) is 1. The highest BCUT2D eigenvalue weighted by Crippen LogP contribution is 2.30. The Kier molecular flexibility index (Phi) is 6.15. The van der Waals surface area contributed by atoms with Crippen LogP contribution in [0.5, 0.6) is 5.75 Å². The highest BCUT2D eigenvalue weighted by atomic mass is 32.1. The van der Waals surface area contributed by atoms with E-state index in [1.807, 2.05) is 24.3 Å². The maximum absolute atomic E-state index is 12.0. The van der Waals surface area contributed by atoms with Crippen molar-refractivity contribution in [2.75, 3.05) is 20.2 Å². The molecule has 0 aliphatic rings. The van der Waals surface area contributed by atoms with Crippen molar-refractivity contribution in [2.24, 2.45) is 5.73 Å². The zero-order valence-corrected chi connectivity index (χ0v) is 14.0. The summed E-state index contributed by atoms with van der Waals surface area (Å²) in [5.74, 6) is 0.663. The molecule has 0 aliphatic carbocycles. The summed E-state index contributed by atoms with van der Waals surface area (Å²) in [6, 6.07) is 7.80. The molecule has 4 nitrogen and oxygen atoms in total. The van der Waals surface area contributed by atoms with Crippen molar-refractivity contribution < 1.29 is 9.53 Å². The van der Waals surface area contributed by atoms with E-state index in [0.717, 1.165) is 11.3 Å². The molecule has 1 amide bonds. The van der Waals surface area contributed by atoms with E-state index in [1.165, 1.54) is 0 Å². The molecule has 0 saturated heterocycles. The first-order valence-corrected chi connectivity index (χ1v) is 7.37. The molecule has 0 fully saturated rings. The number of nitrogens with two attached hydrogens (primary N) is 1. The number of amides is 1. The molecule has 0 radical (unpaired) electrons. The van der Waals surface area contributed by atoms with Crippen molar-refractivity contribution in [3.05, 3.63) is 29.8 Å². The van der Waals surface area contributed by atoms with Crippen LogP contribution < -0.4 is 10.5 Å². The van der Waals surface area contributed by atoms with Gasteiger partial charge in [0.05, 0.1) is 4.99 Å². The molecule has 1 rings (SSSR count). The molecular weight excluding hydrogens is 284 g/mol. The third-order valence-corrected chi connectivity index (χ3v) is 3.37. The predicted octanol–water partition coefficient (Wildman–Crippen LogP) is 2.50. The Morgan fingerprint density at radius 3 is 2.52 bits per heavy atom. The van der Waals surface area contributed by atoms with Gasteiger partial charge in [-0.25, -0.2) is 0 Å². The van der Waals surface area contributed by atoms with Gasteiger partial charge in [-0.2, -0.15) is 0 Å². The van der Waals surface area contributed by atoms with E-state index in [2.05, 4.69) is 20.8 Å². The van der Waals surface area contributed by atoms with Gasteiger partial charge < -0.3 is 15.4 Å². The SMILES string of the molecule is CN(CCC(N)=S)C(=O)COc1ccccc1C(C)(C)C. The standard InChI is InChI=1S/C16H24N2O2S/c1-16(2,3)12-7-5-6-8-13(12)20-11-15(19)18(4)10-9-14(17)21/h5-8H,9-11H2,1-4H3,(H2,17,21). The molecule has 0 spiro atoms. The summed E-state index contributed by atoms with van der Waals surface area (Å²) in [6.07, 6.45) is 0.524. The average molecular weight is 308 g/mol. The van der Waals surface area contributed by atoms with Crippen molar-refractivity contribution in [3.63, 3.8) is 0 Å². The number of ether oxygens (including phenoxy) is 1. The van der Waals surface area contributed by atoms with Crippen LogP contribution in [-0.4, -0.2) is 36.0 Å². The third kappa shape index (κ3) is 5.71. The molecule has 21 heavy (non-hydrogen) atoms. The number of benzene rings is 1. The lowest BCUT2D eigenvalue weighted by Crippen LogP contribution is -2.34. The van der Waals surface area contributed by atoms with Gasteiger partial charge in [-0.05, 0) is 17.0 Å². The summed E-state index contributed by atoms with van der Waals surface area (Å²) in [4.78, 5) is 14.0. The summed E-state index contributed by atoms with van der Waals surface area (Å²) >= 11 is 4.81. The second-order valence-electron chi connectivity index (χ2n) is 6.07. The van der Waals surface area contributed by atoms with Crippen LogP contribution in [0.15, 0.2) is 24.3 Å². The monoisotopic (exact) mass is 308 g/mol. The molecule has 5 heteroatoms. The van der Waals surface area contributed by atoms with Crippen LogP contribution in [0.1, 0.15) is 32.8 Å². The molecule has 0 aliphatic heterocycles. The molecule has 1 aromatic carbocycles. The molecule has 1 aromatic rings. The number of likely N-dealkylation sites (N-methyl/N-ethyl adjacent to an activating group) is 1. The average Bonchev–Trinajstić information content (AvgIpc) is 2.41. The number of carbonyl (C=O) groups excluding carboxylic acids is 1. The van der Waals surface area contributed by atoms with E-state index >= 15 is 0 Å². The number of thiocarbonyl (C=S) groups is 1. The maximum atomic E-state index is 12.0. The van der Waals surface area contributed by atoms with Gasteiger partial charge in [-0.3, -0.25) is 4.79 Å². The minimum absolute atomic E-state index is 0.0148. The van der Waals surface area contributed by atoms with Crippen molar-refractivity contribution in [3.8, 4) is 5.75 Å². The summed E-state index contributed by atoms with van der Waals surface area (Å²) in [7, 11) is 1.72. The van der Waals surface area contributed by atoms with Gasteiger partial charge in [-0.15, -0.1) is 0 Å². The zero-order valence-electron chi connectivity index (χ0n) is 13.2. The lowest BCUT2D eigenvalue weighted by atomic mass is 9.86. The summed E-state index contributed by atoms with van der Waals surface area (Å²) in [5.41, 5.74) is 6.49. The zero-order chi connectivity index (χ0) is 16.0. The Bertz CT molecular complexity index is 509. The predicted molar refractivity (Wildman–Crippen MR) is 89.7 cm³/mol. The smallest absolute Gasteiger partial charge is 0.260 e. The highest BCUT2D eigenvalue weighted by molar-refractivity contribution is 7.80. The van der Waals surface area contributed by atoms with Gasteiger partial charge in [-0.1, -0.05) is 51.2 Å². The number of rotatable bonds is 6. The Balaban J connectivity index is 2.63. The molecule has 0 aromatic heterocycles. The van der Waals surface area contributed by atoms with Crippen LogP contribution in [0.2, 0.25) is 0 Å². The molecule has 0 bridgehead atoms. The normalized spacial score (nSPS) is 11.0. The van der Waals surface area contributed by atoms with E-state index in [9.17, 15) is 4.79 Å². The van der Waals surface area contributed by atoms with Gasteiger partial charge in [0.25, 0.3) is 5.91 Å². The molecule has 0 unspecified atom stereocenters. The van der Waals surface area contributed by atoms with Gasteiger partial charge in [0.1, 0.15) is 5.75 Å². The lowest BCUT2D eigenvalue weighted by Gasteiger charge is -2.23. The van der Waals surface area contributed by atoms with E-state index in [-0.39, 0.29) is 17.9 Å². The van der Waals surface area contributed by atoms with Crippen LogP contribution in [0, 0.1) is 0 Å². The largest absolute Gasteiger partial charge is 0.483 e. The fourth-order valence-corrected chi connectivity index (χ4v) is 1.96. The topological polar surface area (TPSA) is 55.6 Å². The summed E-state index contributed by atoms with van der Waals surface area (Å²) < 4.78 is 5.70.